The summed E-state index contributed by atoms with van der Waals surface area (Å²) in [5.41, 5.74) is 3.68. The van der Waals surface area contributed by atoms with Gasteiger partial charge in [0.2, 0.25) is 0 Å². The highest BCUT2D eigenvalue weighted by Crippen LogP contribution is 2.42. The lowest BCUT2D eigenvalue weighted by atomic mass is 9.98. The van der Waals surface area contributed by atoms with Gasteiger partial charge >= 0.3 is 6.09 Å². The zero-order chi connectivity index (χ0) is 23.4. The third-order valence-corrected chi connectivity index (χ3v) is 6.22. The van der Waals surface area contributed by atoms with Crippen LogP contribution in [0.3, 0.4) is 0 Å². The van der Waals surface area contributed by atoms with Crippen LogP contribution in [0, 0.1) is 0 Å². The molecule has 2 aromatic rings. The summed E-state index contributed by atoms with van der Waals surface area (Å²) in [4.78, 5) is 27.2. The molecular formula is C25H30N2O6. The first-order chi connectivity index (χ1) is 16.0. The average Bonchev–Trinajstić information content (AvgIpc) is 3.26. The third kappa shape index (κ3) is 5.06. The molecule has 1 fully saturated rings. The number of carbonyl (C=O) groups is 2. The Kier molecular flexibility index (Phi) is 7.03. The maximum absolute atomic E-state index is 12.7. The normalized spacial score (nSPS) is 17.3. The van der Waals surface area contributed by atoms with E-state index in [4.69, 9.17) is 14.2 Å². The van der Waals surface area contributed by atoms with Crippen molar-refractivity contribution >= 4 is 12.0 Å². The van der Waals surface area contributed by atoms with Crippen molar-refractivity contribution in [3.8, 4) is 22.6 Å². The Morgan fingerprint density at radius 3 is 2.52 bits per heavy atom. The molecule has 8 heteroatoms. The summed E-state index contributed by atoms with van der Waals surface area (Å²) in [6.45, 7) is 5.10. The second-order valence-electron chi connectivity index (χ2n) is 8.24. The number of hydrogen-bond donors (Lipinski definition) is 1. The number of carbonyl (C=O) groups excluding carboxylic acids is 1. The van der Waals surface area contributed by atoms with Crippen molar-refractivity contribution in [2.45, 2.75) is 25.9 Å². The highest BCUT2D eigenvalue weighted by atomic mass is 16.5. The van der Waals surface area contributed by atoms with Gasteiger partial charge in [-0.1, -0.05) is 12.1 Å². The SMILES string of the molecule is CCN(CCC1Cc2cc(-c3ccc(C(=O)N4CCOCC4)cc3)cc(OC)c2O1)C(=O)O. The molecule has 0 spiro atoms. The average molecular weight is 455 g/mol. The van der Waals surface area contributed by atoms with E-state index >= 15 is 0 Å². The molecule has 0 radical (unpaired) electrons. The van der Waals surface area contributed by atoms with Gasteiger partial charge in [0.1, 0.15) is 6.10 Å². The molecule has 1 unspecified atom stereocenters. The number of hydrogen-bond acceptors (Lipinski definition) is 5. The fourth-order valence-electron chi connectivity index (χ4n) is 4.32. The lowest BCUT2D eigenvalue weighted by molar-refractivity contribution is 0.0303. The predicted octanol–water partition coefficient (Wildman–Crippen LogP) is 3.53. The molecule has 2 heterocycles. The number of nitrogens with zero attached hydrogens (tertiary/aromatic N) is 2. The molecule has 1 atom stereocenters. The number of benzene rings is 2. The van der Waals surface area contributed by atoms with Crippen LogP contribution in [0.5, 0.6) is 11.5 Å². The maximum atomic E-state index is 12.7. The summed E-state index contributed by atoms with van der Waals surface area (Å²) < 4.78 is 17.0. The van der Waals surface area contributed by atoms with Crippen LogP contribution in [-0.2, 0) is 11.2 Å². The lowest BCUT2D eigenvalue weighted by Crippen LogP contribution is -2.40. The highest BCUT2D eigenvalue weighted by molar-refractivity contribution is 5.94. The van der Waals surface area contributed by atoms with Crippen LogP contribution in [0.25, 0.3) is 11.1 Å². The third-order valence-electron chi connectivity index (χ3n) is 6.22. The Hall–Kier alpha value is -3.26. The molecule has 0 bridgehead atoms. The molecule has 1 N–H and O–H groups in total. The van der Waals surface area contributed by atoms with Gasteiger partial charge in [-0.25, -0.2) is 4.79 Å². The molecule has 176 valence electrons. The summed E-state index contributed by atoms with van der Waals surface area (Å²) in [6.07, 6.45) is 0.310. The first-order valence-electron chi connectivity index (χ1n) is 11.3. The molecule has 2 amide bonds. The Labute approximate surface area is 193 Å². The number of morpholine rings is 1. The fraction of sp³-hybridized carbons (Fsp3) is 0.440. The van der Waals surface area contributed by atoms with Gasteiger partial charge in [-0.15, -0.1) is 0 Å². The van der Waals surface area contributed by atoms with Gasteiger partial charge in [0.05, 0.1) is 20.3 Å². The first-order valence-corrected chi connectivity index (χ1v) is 11.3. The van der Waals surface area contributed by atoms with Crippen LogP contribution in [0.15, 0.2) is 36.4 Å². The number of amides is 2. The van der Waals surface area contributed by atoms with Crippen LogP contribution in [0.4, 0.5) is 4.79 Å². The summed E-state index contributed by atoms with van der Waals surface area (Å²) in [7, 11) is 1.61. The summed E-state index contributed by atoms with van der Waals surface area (Å²) >= 11 is 0. The van der Waals surface area contributed by atoms with Crippen molar-refractivity contribution in [3.05, 3.63) is 47.5 Å². The lowest BCUT2D eigenvalue weighted by Gasteiger charge is -2.26. The van der Waals surface area contributed by atoms with E-state index in [-0.39, 0.29) is 12.0 Å². The predicted molar refractivity (Wildman–Crippen MR) is 123 cm³/mol. The van der Waals surface area contributed by atoms with Gasteiger partial charge < -0.3 is 29.1 Å². The Bertz CT molecular complexity index is 1000. The quantitative estimate of drug-likeness (QED) is 0.689. The van der Waals surface area contributed by atoms with Crippen molar-refractivity contribution in [2.24, 2.45) is 0 Å². The molecule has 2 aromatic carbocycles. The van der Waals surface area contributed by atoms with Gasteiger partial charge in [0.15, 0.2) is 11.5 Å². The maximum Gasteiger partial charge on any atom is 0.407 e. The minimum Gasteiger partial charge on any atom is -0.493 e. The van der Waals surface area contributed by atoms with E-state index in [1.807, 2.05) is 42.2 Å². The van der Waals surface area contributed by atoms with Crippen LogP contribution in [-0.4, -0.2) is 79.5 Å². The zero-order valence-corrected chi connectivity index (χ0v) is 19.1. The van der Waals surface area contributed by atoms with E-state index in [9.17, 15) is 14.7 Å². The zero-order valence-electron chi connectivity index (χ0n) is 19.1. The molecular weight excluding hydrogens is 424 g/mol. The summed E-state index contributed by atoms with van der Waals surface area (Å²) in [6, 6.07) is 11.7. The minimum absolute atomic E-state index is 0.0232. The van der Waals surface area contributed by atoms with Crippen molar-refractivity contribution in [1.82, 2.24) is 9.80 Å². The largest absolute Gasteiger partial charge is 0.493 e. The molecule has 2 aliphatic heterocycles. The van der Waals surface area contributed by atoms with E-state index in [0.717, 1.165) is 22.4 Å². The second-order valence-corrected chi connectivity index (χ2v) is 8.24. The minimum atomic E-state index is -0.913. The topological polar surface area (TPSA) is 88.5 Å². The number of rotatable bonds is 7. The van der Waals surface area contributed by atoms with Crippen LogP contribution >= 0.6 is 0 Å². The van der Waals surface area contributed by atoms with Gasteiger partial charge in [0, 0.05) is 50.1 Å². The fourth-order valence-corrected chi connectivity index (χ4v) is 4.32. The van der Waals surface area contributed by atoms with E-state index in [1.165, 1.54) is 4.90 Å². The Morgan fingerprint density at radius 1 is 1.15 bits per heavy atom. The molecule has 0 aromatic heterocycles. The van der Waals surface area contributed by atoms with Crippen molar-refractivity contribution in [3.63, 3.8) is 0 Å². The monoisotopic (exact) mass is 454 g/mol. The van der Waals surface area contributed by atoms with Gasteiger partial charge in [-0.2, -0.15) is 0 Å². The van der Waals surface area contributed by atoms with Crippen LogP contribution in [0.1, 0.15) is 29.3 Å². The number of ether oxygens (including phenoxy) is 3. The van der Waals surface area contributed by atoms with Gasteiger partial charge in [0.25, 0.3) is 5.91 Å². The van der Waals surface area contributed by atoms with Crippen LogP contribution < -0.4 is 9.47 Å². The smallest absolute Gasteiger partial charge is 0.407 e. The second kappa shape index (κ2) is 10.1. The van der Waals surface area contributed by atoms with Gasteiger partial charge in [-0.05, 0) is 42.3 Å². The Morgan fingerprint density at radius 2 is 1.88 bits per heavy atom. The van der Waals surface area contributed by atoms with E-state index in [1.54, 1.807) is 7.11 Å². The summed E-state index contributed by atoms with van der Waals surface area (Å²) in [5, 5.41) is 9.23. The number of methoxy groups -OCH3 is 1. The van der Waals surface area contributed by atoms with E-state index in [2.05, 4.69) is 6.07 Å². The van der Waals surface area contributed by atoms with E-state index < -0.39 is 6.09 Å². The molecule has 1 saturated heterocycles. The molecule has 0 aliphatic carbocycles. The molecule has 0 saturated carbocycles. The Balaban J connectivity index is 1.48. The van der Waals surface area contributed by atoms with E-state index in [0.29, 0.717) is 63.5 Å². The number of fused-ring (bicyclic) bond motifs is 1. The highest BCUT2D eigenvalue weighted by Gasteiger charge is 2.28. The molecule has 8 nitrogen and oxygen atoms in total. The van der Waals surface area contributed by atoms with Crippen molar-refractivity contribution in [2.75, 3.05) is 46.5 Å². The summed E-state index contributed by atoms with van der Waals surface area (Å²) in [5.74, 6) is 1.41. The van der Waals surface area contributed by atoms with Crippen LogP contribution in [0.2, 0.25) is 0 Å². The first kappa shape index (κ1) is 22.9. The standard InChI is InChI=1S/C25H30N2O6/c1-3-26(25(29)30)9-8-21-15-20-14-19(16-22(31-2)23(20)33-21)17-4-6-18(7-5-17)24(28)27-10-12-32-13-11-27/h4-7,14,16,21H,3,8-13,15H2,1-2H3,(H,29,30). The van der Waals surface area contributed by atoms with Crippen molar-refractivity contribution in [1.29, 1.82) is 0 Å². The van der Waals surface area contributed by atoms with Gasteiger partial charge in [-0.3, -0.25) is 4.79 Å². The molecule has 4 rings (SSSR count). The number of carboxylic acid groups (broad SMARTS) is 1. The van der Waals surface area contributed by atoms with Crippen molar-refractivity contribution < 1.29 is 28.9 Å². The molecule has 2 aliphatic rings. The molecule has 33 heavy (non-hydrogen) atoms.